The van der Waals surface area contributed by atoms with Gasteiger partial charge < -0.3 is 18.9 Å². The van der Waals surface area contributed by atoms with Crippen LogP contribution in [0.1, 0.15) is 44.4 Å². The SMILES string of the molecule is COc1cc(C=C2C(=O)OC(C)(C(C)(C)C)OC2=O)cc(I)c1OCc1ccccc1C#N. The number of halogens is 1. The van der Waals surface area contributed by atoms with E-state index in [0.29, 0.717) is 26.2 Å². The van der Waals surface area contributed by atoms with Crippen molar-refractivity contribution < 1.29 is 28.5 Å². The molecule has 0 N–H and O–H groups in total. The quantitative estimate of drug-likeness (QED) is 0.220. The molecule has 0 atom stereocenters. The van der Waals surface area contributed by atoms with E-state index in [4.69, 9.17) is 18.9 Å². The lowest BCUT2D eigenvalue weighted by atomic mass is 9.85. The summed E-state index contributed by atoms with van der Waals surface area (Å²) in [5, 5.41) is 9.27. The molecule has 8 heteroatoms. The highest BCUT2D eigenvalue weighted by molar-refractivity contribution is 14.1. The van der Waals surface area contributed by atoms with Crippen LogP contribution in [0.2, 0.25) is 0 Å². The van der Waals surface area contributed by atoms with Crippen molar-refractivity contribution in [1.29, 1.82) is 5.26 Å². The number of carbonyl (C=O) groups is 2. The van der Waals surface area contributed by atoms with Crippen LogP contribution in [0.15, 0.2) is 42.0 Å². The number of carbonyl (C=O) groups excluding carboxylic acids is 2. The maximum absolute atomic E-state index is 12.6. The first-order valence-corrected chi connectivity index (χ1v) is 11.2. The molecule has 0 bridgehead atoms. The topological polar surface area (TPSA) is 94.8 Å². The highest BCUT2D eigenvalue weighted by Crippen LogP contribution is 2.40. The van der Waals surface area contributed by atoms with Gasteiger partial charge in [0.05, 0.1) is 22.3 Å². The molecule has 33 heavy (non-hydrogen) atoms. The van der Waals surface area contributed by atoms with Crippen molar-refractivity contribution in [3.8, 4) is 17.6 Å². The molecule has 3 rings (SSSR count). The van der Waals surface area contributed by atoms with Crippen molar-refractivity contribution in [3.05, 3.63) is 62.2 Å². The zero-order valence-electron chi connectivity index (χ0n) is 19.0. The first-order chi connectivity index (χ1) is 15.5. The van der Waals surface area contributed by atoms with Gasteiger partial charge in [-0.15, -0.1) is 0 Å². The summed E-state index contributed by atoms with van der Waals surface area (Å²) < 4.78 is 23.1. The minimum absolute atomic E-state index is 0.181. The smallest absolute Gasteiger partial charge is 0.348 e. The van der Waals surface area contributed by atoms with E-state index in [1.165, 1.54) is 13.2 Å². The Morgan fingerprint density at radius 3 is 2.36 bits per heavy atom. The Kier molecular flexibility index (Phi) is 7.03. The van der Waals surface area contributed by atoms with Crippen LogP contribution in [0.5, 0.6) is 11.5 Å². The summed E-state index contributed by atoms with van der Waals surface area (Å²) in [6, 6.07) is 12.7. The second-order valence-corrected chi connectivity index (χ2v) is 9.79. The third-order valence-electron chi connectivity index (χ3n) is 5.45. The lowest BCUT2D eigenvalue weighted by molar-refractivity contribution is -0.261. The molecule has 0 unspecified atom stereocenters. The number of hydrogen-bond donors (Lipinski definition) is 0. The van der Waals surface area contributed by atoms with E-state index in [2.05, 4.69) is 28.7 Å². The van der Waals surface area contributed by atoms with Crippen molar-refractivity contribution in [1.82, 2.24) is 0 Å². The van der Waals surface area contributed by atoms with Gasteiger partial charge in [0.25, 0.3) is 5.79 Å². The molecular formula is C25H24INO6. The van der Waals surface area contributed by atoms with E-state index in [1.54, 1.807) is 31.2 Å². The minimum atomic E-state index is -1.36. The number of ether oxygens (including phenoxy) is 4. The van der Waals surface area contributed by atoms with Gasteiger partial charge >= 0.3 is 11.9 Å². The van der Waals surface area contributed by atoms with E-state index >= 15 is 0 Å². The third kappa shape index (κ3) is 5.14. The molecule has 0 radical (unpaired) electrons. The van der Waals surface area contributed by atoms with Crippen LogP contribution >= 0.6 is 22.6 Å². The fraction of sp³-hybridized carbons (Fsp3) is 0.320. The van der Waals surface area contributed by atoms with Gasteiger partial charge in [-0.3, -0.25) is 0 Å². The Bertz CT molecular complexity index is 1150. The van der Waals surface area contributed by atoms with Crippen molar-refractivity contribution in [2.75, 3.05) is 7.11 Å². The Hall–Kier alpha value is -3.06. The molecule has 1 aliphatic heterocycles. The summed E-state index contributed by atoms with van der Waals surface area (Å²) in [5.74, 6) is -1.94. The van der Waals surface area contributed by atoms with Crippen LogP contribution in [0.25, 0.3) is 6.08 Å². The molecule has 2 aromatic carbocycles. The molecular weight excluding hydrogens is 537 g/mol. The molecule has 7 nitrogen and oxygen atoms in total. The van der Waals surface area contributed by atoms with Crippen LogP contribution in [0.4, 0.5) is 0 Å². The van der Waals surface area contributed by atoms with E-state index in [1.807, 2.05) is 32.9 Å². The van der Waals surface area contributed by atoms with Crippen molar-refractivity contribution >= 4 is 40.6 Å². The number of methoxy groups -OCH3 is 1. The predicted molar refractivity (Wildman–Crippen MR) is 129 cm³/mol. The fourth-order valence-electron chi connectivity index (χ4n) is 3.03. The zero-order valence-corrected chi connectivity index (χ0v) is 21.2. The van der Waals surface area contributed by atoms with Crippen LogP contribution in [0.3, 0.4) is 0 Å². The number of esters is 2. The van der Waals surface area contributed by atoms with Gasteiger partial charge in [0.1, 0.15) is 12.2 Å². The number of hydrogen-bond acceptors (Lipinski definition) is 7. The number of rotatable bonds is 5. The third-order valence-corrected chi connectivity index (χ3v) is 6.25. The normalized spacial score (nSPS) is 18.2. The van der Waals surface area contributed by atoms with Crippen molar-refractivity contribution in [2.24, 2.45) is 5.41 Å². The molecule has 0 saturated carbocycles. The summed E-state index contributed by atoms with van der Waals surface area (Å²) in [7, 11) is 1.50. The van der Waals surface area contributed by atoms with Crippen LogP contribution in [-0.4, -0.2) is 24.8 Å². The molecule has 0 spiro atoms. The minimum Gasteiger partial charge on any atom is -0.493 e. The molecule has 1 fully saturated rings. The zero-order chi connectivity index (χ0) is 24.4. The largest absolute Gasteiger partial charge is 0.493 e. The van der Waals surface area contributed by atoms with Crippen LogP contribution < -0.4 is 9.47 Å². The molecule has 1 aliphatic rings. The Balaban J connectivity index is 1.88. The average Bonchev–Trinajstić information content (AvgIpc) is 2.74. The molecule has 1 heterocycles. The number of nitrogens with zero attached hydrogens (tertiary/aromatic N) is 1. The van der Waals surface area contributed by atoms with Gasteiger partial charge in [-0.05, 0) is 52.4 Å². The highest BCUT2D eigenvalue weighted by Gasteiger charge is 2.50. The first-order valence-electron chi connectivity index (χ1n) is 10.2. The maximum atomic E-state index is 12.6. The second-order valence-electron chi connectivity index (χ2n) is 8.62. The standard InChI is InChI=1S/C25H24INO6/c1-24(2,3)25(4)32-22(28)18(23(29)33-25)10-15-11-19(26)21(20(12-15)30-5)31-14-17-9-7-6-8-16(17)13-27/h6-12H,14H2,1-5H3. The molecule has 0 aromatic heterocycles. The Morgan fingerprint density at radius 2 is 1.79 bits per heavy atom. The van der Waals surface area contributed by atoms with Gasteiger partial charge in [-0.2, -0.15) is 5.26 Å². The summed E-state index contributed by atoms with van der Waals surface area (Å²) in [5.41, 5.74) is 1.03. The monoisotopic (exact) mass is 561 g/mol. The Labute approximate surface area is 206 Å². The molecule has 1 saturated heterocycles. The summed E-state index contributed by atoms with van der Waals surface area (Å²) in [6.45, 7) is 7.22. The van der Waals surface area contributed by atoms with E-state index in [0.717, 1.165) is 5.56 Å². The molecule has 172 valence electrons. The second kappa shape index (κ2) is 9.43. The summed E-state index contributed by atoms with van der Waals surface area (Å²) >= 11 is 2.08. The highest BCUT2D eigenvalue weighted by atomic mass is 127. The number of benzene rings is 2. The number of nitriles is 1. The van der Waals surface area contributed by atoms with E-state index < -0.39 is 23.1 Å². The lowest BCUT2D eigenvalue weighted by Crippen LogP contribution is -2.52. The van der Waals surface area contributed by atoms with Gasteiger partial charge in [-0.25, -0.2) is 9.59 Å². The van der Waals surface area contributed by atoms with Gasteiger partial charge in [0.2, 0.25) is 0 Å². The van der Waals surface area contributed by atoms with Gasteiger partial charge in [-0.1, -0.05) is 39.0 Å². The summed E-state index contributed by atoms with van der Waals surface area (Å²) in [6.07, 6.45) is 1.41. The van der Waals surface area contributed by atoms with Crippen molar-refractivity contribution in [2.45, 2.75) is 40.1 Å². The molecule has 2 aromatic rings. The average molecular weight is 561 g/mol. The van der Waals surface area contributed by atoms with Crippen molar-refractivity contribution in [3.63, 3.8) is 0 Å². The van der Waals surface area contributed by atoms with E-state index in [9.17, 15) is 14.9 Å². The van der Waals surface area contributed by atoms with Gasteiger partial charge in [0, 0.05) is 17.9 Å². The van der Waals surface area contributed by atoms with E-state index in [-0.39, 0.29) is 12.2 Å². The van der Waals surface area contributed by atoms with Gasteiger partial charge in [0.15, 0.2) is 11.5 Å². The first kappa shape index (κ1) is 24.6. The molecule has 0 aliphatic carbocycles. The summed E-state index contributed by atoms with van der Waals surface area (Å²) in [4.78, 5) is 25.2. The molecule has 0 amide bonds. The van der Waals surface area contributed by atoms with Crippen LogP contribution in [0, 0.1) is 20.3 Å². The fourth-order valence-corrected chi connectivity index (χ4v) is 3.81. The number of cyclic esters (lactones) is 2. The van der Waals surface area contributed by atoms with Crippen LogP contribution in [-0.2, 0) is 25.7 Å². The lowest BCUT2D eigenvalue weighted by Gasteiger charge is -2.42. The maximum Gasteiger partial charge on any atom is 0.348 e. The Morgan fingerprint density at radius 1 is 1.15 bits per heavy atom. The predicted octanol–water partition coefficient (Wildman–Crippen LogP) is 5.00.